The molecule has 2 aromatic carbocycles. The van der Waals surface area contributed by atoms with E-state index in [1.165, 1.54) is 5.56 Å². The monoisotopic (exact) mass is 271 g/mol. The molecule has 0 aromatic heterocycles. The minimum atomic E-state index is -0.131. The topological polar surface area (TPSA) is 26.0 Å². The molecule has 0 radical (unpaired) electrons. The maximum atomic E-state index is 13.7. The number of aryl methyl sites for hydroxylation is 2. The van der Waals surface area contributed by atoms with Crippen molar-refractivity contribution in [2.75, 3.05) is 0 Å². The fraction of sp³-hybridized carbons (Fsp3) is 0.333. The van der Waals surface area contributed by atoms with E-state index in [0.717, 1.165) is 12.0 Å². The molecule has 0 fully saturated rings. The lowest BCUT2D eigenvalue weighted by Crippen LogP contribution is -2.20. The first-order chi connectivity index (χ1) is 9.54. The molecule has 20 heavy (non-hydrogen) atoms. The van der Waals surface area contributed by atoms with Crippen LogP contribution in [0.1, 0.15) is 47.6 Å². The lowest BCUT2D eigenvalue weighted by atomic mass is 9.85. The lowest BCUT2D eigenvalue weighted by molar-refractivity contribution is 0.535. The van der Waals surface area contributed by atoms with Crippen molar-refractivity contribution in [2.24, 2.45) is 5.73 Å². The van der Waals surface area contributed by atoms with Crippen LogP contribution in [0.25, 0.3) is 0 Å². The molecule has 0 saturated carbocycles. The van der Waals surface area contributed by atoms with Crippen molar-refractivity contribution >= 4 is 0 Å². The number of benzene rings is 2. The second-order valence-electron chi connectivity index (χ2n) is 5.42. The standard InChI is InChI=1S/C18H22FN/c1-4-16(14-8-6-5-7-9-14)18(20)15-10-12(2)17(19)13(3)11-15/h5-11,16,18H,4,20H2,1-3H3. The molecule has 0 aliphatic heterocycles. The van der Waals surface area contributed by atoms with E-state index in [1.807, 2.05) is 30.3 Å². The van der Waals surface area contributed by atoms with Gasteiger partial charge in [-0.15, -0.1) is 0 Å². The molecule has 2 atom stereocenters. The van der Waals surface area contributed by atoms with Gasteiger partial charge in [0.15, 0.2) is 0 Å². The summed E-state index contributed by atoms with van der Waals surface area (Å²) in [7, 11) is 0. The highest BCUT2D eigenvalue weighted by Gasteiger charge is 2.20. The third-order valence-electron chi connectivity index (χ3n) is 3.94. The van der Waals surface area contributed by atoms with Crippen molar-refractivity contribution in [3.8, 4) is 0 Å². The minimum Gasteiger partial charge on any atom is -0.323 e. The highest BCUT2D eigenvalue weighted by atomic mass is 19.1. The molecule has 2 rings (SSSR count). The van der Waals surface area contributed by atoms with E-state index in [0.29, 0.717) is 11.1 Å². The molecule has 2 N–H and O–H groups in total. The fourth-order valence-electron chi connectivity index (χ4n) is 2.80. The summed E-state index contributed by atoms with van der Waals surface area (Å²) >= 11 is 0. The van der Waals surface area contributed by atoms with E-state index in [9.17, 15) is 4.39 Å². The molecule has 0 spiro atoms. The molecule has 0 aliphatic rings. The zero-order valence-corrected chi connectivity index (χ0v) is 12.4. The average molecular weight is 271 g/mol. The van der Waals surface area contributed by atoms with Gasteiger partial charge < -0.3 is 5.73 Å². The average Bonchev–Trinajstić information content (AvgIpc) is 2.46. The summed E-state index contributed by atoms with van der Waals surface area (Å²) in [6, 6.07) is 13.9. The van der Waals surface area contributed by atoms with Gasteiger partial charge in [-0.3, -0.25) is 0 Å². The van der Waals surface area contributed by atoms with Gasteiger partial charge in [0.2, 0.25) is 0 Å². The summed E-state index contributed by atoms with van der Waals surface area (Å²) in [4.78, 5) is 0. The van der Waals surface area contributed by atoms with E-state index < -0.39 is 0 Å². The van der Waals surface area contributed by atoms with Crippen LogP contribution in [0.2, 0.25) is 0 Å². The lowest BCUT2D eigenvalue weighted by Gasteiger charge is -2.24. The van der Waals surface area contributed by atoms with E-state index in [-0.39, 0.29) is 17.8 Å². The number of nitrogens with two attached hydrogens (primary N) is 1. The predicted octanol–water partition coefficient (Wildman–Crippen LogP) is 4.64. The first-order valence-electron chi connectivity index (χ1n) is 7.11. The van der Waals surface area contributed by atoms with Gasteiger partial charge in [0.1, 0.15) is 5.82 Å². The van der Waals surface area contributed by atoms with Crippen molar-refractivity contribution in [1.82, 2.24) is 0 Å². The third kappa shape index (κ3) is 2.91. The summed E-state index contributed by atoms with van der Waals surface area (Å²) in [5.74, 6) is 0.120. The van der Waals surface area contributed by atoms with Crippen LogP contribution in [0.4, 0.5) is 4.39 Å². The number of hydrogen-bond acceptors (Lipinski definition) is 1. The SMILES string of the molecule is CCC(c1ccccc1)C(N)c1cc(C)c(F)c(C)c1. The highest BCUT2D eigenvalue weighted by Crippen LogP contribution is 2.33. The zero-order chi connectivity index (χ0) is 14.7. The second kappa shape index (κ2) is 6.19. The molecule has 0 bridgehead atoms. The van der Waals surface area contributed by atoms with Crippen LogP contribution < -0.4 is 5.73 Å². The van der Waals surface area contributed by atoms with Gasteiger partial charge >= 0.3 is 0 Å². The van der Waals surface area contributed by atoms with Crippen LogP contribution in [0, 0.1) is 19.7 Å². The van der Waals surface area contributed by atoms with Crippen LogP contribution in [0.15, 0.2) is 42.5 Å². The third-order valence-corrected chi connectivity index (χ3v) is 3.94. The highest BCUT2D eigenvalue weighted by molar-refractivity contribution is 5.35. The molecule has 0 amide bonds. The number of rotatable bonds is 4. The van der Waals surface area contributed by atoms with Crippen LogP contribution in [0.3, 0.4) is 0 Å². The predicted molar refractivity (Wildman–Crippen MR) is 82.3 cm³/mol. The first kappa shape index (κ1) is 14.7. The Morgan fingerprint density at radius 3 is 2.05 bits per heavy atom. The summed E-state index contributed by atoms with van der Waals surface area (Å²) < 4.78 is 13.7. The van der Waals surface area contributed by atoms with Crippen molar-refractivity contribution in [1.29, 1.82) is 0 Å². The van der Waals surface area contributed by atoms with E-state index in [2.05, 4.69) is 19.1 Å². The van der Waals surface area contributed by atoms with Crippen molar-refractivity contribution in [3.05, 3.63) is 70.5 Å². The van der Waals surface area contributed by atoms with Gasteiger partial charge in [0.05, 0.1) is 0 Å². The summed E-state index contributed by atoms with van der Waals surface area (Å²) in [5.41, 5.74) is 10.0. The normalized spacial score (nSPS) is 14.1. The van der Waals surface area contributed by atoms with Gasteiger partial charge in [0.25, 0.3) is 0 Å². The smallest absolute Gasteiger partial charge is 0.129 e. The molecule has 1 nitrogen and oxygen atoms in total. The van der Waals surface area contributed by atoms with Gasteiger partial charge in [0, 0.05) is 12.0 Å². The largest absolute Gasteiger partial charge is 0.323 e. The Labute approximate surface area is 120 Å². The van der Waals surface area contributed by atoms with Gasteiger partial charge in [-0.25, -0.2) is 4.39 Å². The molecule has 106 valence electrons. The molecule has 2 unspecified atom stereocenters. The maximum Gasteiger partial charge on any atom is 0.129 e. The first-order valence-corrected chi connectivity index (χ1v) is 7.11. The van der Waals surface area contributed by atoms with Gasteiger partial charge in [-0.05, 0) is 42.5 Å². The number of halogens is 1. The van der Waals surface area contributed by atoms with E-state index in [1.54, 1.807) is 13.8 Å². The quantitative estimate of drug-likeness (QED) is 0.861. The van der Waals surface area contributed by atoms with Crippen LogP contribution in [-0.4, -0.2) is 0 Å². The van der Waals surface area contributed by atoms with Crippen molar-refractivity contribution in [2.45, 2.75) is 39.2 Å². The fourth-order valence-corrected chi connectivity index (χ4v) is 2.80. The van der Waals surface area contributed by atoms with Gasteiger partial charge in [-0.2, -0.15) is 0 Å². The van der Waals surface area contributed by atoms with Gasteiger partial charge in [-0.1, -0.05) is 49.4 Å². The summed E-state index contributed by atoms with van der Waals surface area (Å²) in [5, 5.41) is 0. The Balaban J connectivity index is 2.36. The maximum absolute atomic E-state index is 13.7. The second-order valence-corrected chi connectivity index (χ2v) is 5.42. The Morgan fingerprint density at radius 1 is 1.00 bits per heavy atom. The summed E-state index contributed by atoms with van der Waals surface area (Å²) in [6.07, 6.45) is 0.959. The van der Waals surface area contributed by atoms with Crippen LogP contribution >= 0.6 is 0 Å². The van der Waals surface area contributed by atoms with Crippen LogP contribution in [0.5, 0.6) is 0 Å². The molecule has 2 aromatic rings. The minimum absolute atomic E-state index is 0.111. The van der Waals surface area contributed by atoms with E-state index >= 15 is 0 Å². The van der Waals surface area contributed by atoms with Crippen molar-refractivity contribution < 1.29 is 4.39 Å². The molecule has 0 heterocycles. The number of hydrogen-bond donors (Lipinski definition) is 1. The summed E-state index contributed by atoms with van der Waals surface area (Å²) in [6.45, 7) is 5.73. The van der Waals surface area contributed by atoms with Crippen molar-refractivity contribution in [3.63, 3.8) is 0 Å². The molecular formula is C18H22FN. The molecule has 0 saturated heterocycles. The zero-order valence-electron chi connectivity index (χ0n) is 12.4. The molecule has 0 aliphatic carbocycles. The Hall–Kier alpha value is -1.67. The van der Waals surface area contributed by atoms with E-state index in [4.69, 9.17) is 5.73 Å². The van der Waals surface area contributed by atoms with Crippen LogP contribution in [-0.2, 0) is 0 Å². The Kier molecular flexibility index (Phi) is 4.56. The molecular weight excluding hydrogens is 249 g/mol. The Morgan fingerprint density at radius 2 is 1.55 bits per heavy atom. The Bertz CT molecular complexity index is 554. The molecule has 2 heteroatoms.